The highest BCUT2D eigenvalue weighted by Gasteiger charge is 2.19. The molecule has 0 fully saturated rings. The zero-order valence-corrected chi connectivity index (χ0v) is 10.7. The molecule has 0 unspecified atom stereocenters. The van der Waals surface area contributed by atoms with Crippen molar-refractivity contribution in [1.29, 1.82) is 0 Å². The highest BCUT2D eigenvalue weighted by Crippen LogP contribution is 2.39. The fraction of sp³-hybridized carbons (Fsp3) is 0.571. The summed E-state index contributed by atoms with van der Waals surface area (Å²) in [5, 5.41) is 20.0. The van der Waals surface area contributed by atoms with Gasteiger partial charge in [0.2, 0.25) is 0 Å². The molecule has 0 saturated heterocycles. The van der Waals surface area contributed by atoms with Crippen LogP contribution >= 0.6 is 0 Å². The molecular weight excluding hydrogens is 200 g/mol. The van der Waals surface area contributed by atoms with E-state index in [4.69, 9.17) is 0 Å². The lowest BCUT2D eigenvalue weighted by molar-refractivity contribution is 0.394. The number of rotatable bonds is 4. The smallest absolute Gasteiger partial charge is 0.161 e. The van der Waals surface area contributed by atoms with Gasteiger partial charge in [-0.3, -0.25) is 0 Å². The zero-order valence-electron chi connectivity index (χ0n) is 10.7. The molecule has 2 heteroatoms. The van der Waals surface area contributed by atoms with Crippen molar-refractivity contribution >= 4 is 0 Å². The highest BCUT2D eigenvalue weighted by molar-refractivity contribution is 5.58. The standard InChI is InChI=1S/C14H22O2/c1-5-9-10(6-2)12(8-4)14(16)13(15)11(9)7-3/h15-16H,5-8H2,1-4H3. The highest BCUT2D eigenvalue weighted by atomic mass is 16.3. The maximum absolute atomic E-state index is 9.99. The molecule has 0 aliphatic rings. The molecular formula is C14H22O2. The number of phenolic OH excluding ortho intramolecular Hbond substituents is 2. The predicted molar refractivity (Wildman–Crippen MR) is 67.3 cm³/mol. The molecule has 0 bridgehead atoms. The van der Waals surface area contributed by atoms with Crippen LogP contribution in [0.1, 0.15) is 49.9 Å². The first-order valence-corrected chi connectivity index (χ1v) is 6.19. The van der Waals surface area contributed by atoms with Crippen LogP contribution in [-0.4, -0.2) is 10.2 Å². The van der Waals surface area contributed by atoms with Crippen LogP contribution in [0.3, 0.4) is 0 Å². The van der Waals surface area contributed by atoms with Crippen LogP contribution in [-0.2, 0) is 25.7 Å². The van der Waals surface area contributed by atoms with Crippen molar-refractivity contribution in [3.05, 3.63) is 22.3 Å². The second-order valence-corrected chi connectivity index (χ2v) is 4.03. The molecule has 0 aliphatic heterocycles. The number of aromatic hydroxyl groups is 2. The summed E-state index contributed by atoms with van der Waals surface area (Å²) in [7, 11) is 0. The molecule has 0 atom stereocenters. The lowest BCUT2D eigenvalue weighted by Crippen LogP contribution is -2.03. The Kier molecular flexibility index (Phi) is 4.22. The Morgan fingerprint density at radius 3 is 1.00 bits per heavy atom. The molecule has 0 spiro atoms. The Morgan fingerprint density at radius 1 is 0.562 bits per heavy atom. The summed E-state index contributed by atoms with van der Waals surface area (Å²) in [5.41, 5.74) is 4.26. The van der Waals surface area contributed by atoms with E-state index in [9.17, 15) is 10.2 Å². The quantitative estimate of drug-likeness (QED) is 0.767. The van der Waals surface area contributed by atoms with Crippen LogP contribution < -0.4 is 0 Å². The van der Waals surface area contributed by atoms with Crippen molar-refractivity contribution in [3.63, 3.8) is 0 Å². The van der Waals surface area contributed by atoms with Gasteiger partial charge in [0.1, 0.15) is 0 Å². The molecule has 0 saturated carbocycles. The lowest BCUT2D eigenvalue weighted by atomic mass is 9.89. The van der Waals surface area contributed by atoms with Gasteiger partial charge in [-0.15, -0.1) is 0 Å². The summed E-state index contributed by atoms with van der Waals surface area (Å²) in [5.74, 6) is 0.182. The summed E-state index contributed by atoms with van der Waals surface area (Å²) in [6, 6.07) is 0. The number of phenols is 2. The van der Waals surface area contributed by atoms with Gasteiger partial charge in [-0.25, -0.2) is 0 Å². The Balaban J connectivity index is 3.61. The van der Waals surface area contributed by atoms with Crippen LogP contribution in [0, 0.1) is 0 Å². The summed E-state index contributed by atoms with van der Waals surface area (Å²) in [4.78, 5) is 0. The lowest BCUT2D eigenvalue weighted by Gasteiger charge is -2.19. The molecule has 0 radical (unpaired) electrons. The first-order chi connectivity index (χ1) is 7.62. The summed E-state index contributed by atoms with van der Waals surface area (Å²) >= 11 is 0. The van der Waals surface area contributed by atoms with E-state index in [2.05, 4.69) is 13.8 Å². The van der Waals surface area contributed by atoms with E-state index >= 15 is 0 Å². The molecule has 0 aromatic heterocycles. The van der Waals surface area contributed by atoms with Gasteiger partial charge in [0.25, 0.3) is 0 Å². The summed E-state index contributed by atoms with van der Waals surface area (Å²) < 4.78 is 0. The molecule has 90 valence electrons. The SMILES string of the molecule is CCc1c(O)c(O)c(CC)c(CC)c1CC. The van der Waals surface area contributed by atoms with Gasteiger partial charge in [0.05, 0.1) is 0 Å². The van der Waals surface area contributed by atoms with Gasteiger partial charge < -0.3 is 10.2 Å². The molecule has 16 heavy (non-hydrogen) atoms. The third-order valence-corrected chi connectivity index (χ3v) is 3.30. The van der Waals surface area contributed by atoms with Crippen molar-refractivity contribution in [2.24, 2.45) is 0 Å². The minimum atomic E-state index is 0.0911. The van der Waals surface area contributed by atoms with E-state index in [-0.39, 0.29) is 11.5 Å². The number of hydrogen-bond acceptors (Lipinski definition) is 2. The van der Waals surface area contributed by atoms with E-state index in [0.717, 1.165) is 36.8 Å². The van der Waals surface area contributed by atoms with Crippen molar-refractivity contribution in [1.82, 2.24) is 0 Å². The third-order valence-electron chi connectivity index (χ3n) is 3.30. The van der Waals surface area contributed by atoms with Crippen molar-refractivity contribution in [3.8, 4) is 11.5 Å². The maximum atomic E-state index is 9.99. The average Bonchev–Trinajstić information content (AvgIpc) is 2.31. The Morgan fingerprint density at radius 2 is 0.812 bits per heavy atom. The van der Waals surface area contributed by atoms with Crippen molar-refractivity contribution in [2.75, 3.05) is 0 Å². The Labute approximate surface area is 97.9 Å². The number of benzene rings is 1. The number of hydrogen-bond donors (Lipinski definition) is 2. The normalized spacial score (nSPS) is 10.8. The molecule has 0 heterocycles. The molecule has 1 aromatic rings. The van der Waals surface area contributed by atoms with Gasteiger partial charge in [0, 0.05) is 11.1 Å². The van der Waals surface area contributed by atoms with Gasteiger partial charge in [-0.05, 0) is 36.8 Å². The van der Waals surface area contributed by atoms with Crippen LogP contribution in [0.4, 0.5) is 0 Å². The summed E-state index contributed by atoms with van der Waals surface area (Å²) in [6.07, 6.45) is 3.35. The van der Waals surface area contributed by atoms with Crippen LogP contribution in [0.2, 0.25) is 0 Å². The molecule has 0 aliphatic carbocycles. The largest absolute Gasteiger partial charge is 0.504 e. The zero-order chi connectivity index (χ0) is 12.3. The van der Waals surface area contributed by atoms with Gasteiger partial charge in [-0.2, -0.15) is 0 Å². The van der Waals surface area contributed by atoms with Crippen molar-refractivity contribution < 1.29 is 10.2 Å². The first kappa shape index (κ1) is 12.9. The second kappa shape index (κ2) is 5.24. The van der Waals surface area contributed by atoms with Crippen molar-refractivity contribution in [2.45, 2.75) is 53.4 Å². The fourth-order valence-electron chi connectivity index (χ4n) is 2.55. The Bertz CT molecular complexity index is 344. The first-order valence-electron chi connectivity index (χ1n) is 6.19. The van der Waals surface area contributed by atoms with Gasteiger partial charge in [0.15, 0.2) is 11.5 Å². The second-order valence-electron chi connectivity index (χ2n) is 4.03. The predicted octanol–water partition coefficient (Wildman–Crippen LogP) is 3.35. The molecule has 1 rings (SSSR count). The molecule has 2 nitrogen and oxygen atoms in total. The van der Waals surface area contributed by atoms with E-state index in [1.54, 1.807) is 0 Å². The van der Waals surface area contributed by atoms with Gasteiger partial charge in [-0.1, -0.05) is 27.7 Å². The van der Waals surface area contributed by atoms with Crippen LogP contribution in [0.15, 0.2) is 0 Å². The maximum Gasteiger partial charge on any atom is 0.161 e. The summed E-state index contributed by atoms with van der Waals surface area (Å²) in [6.45, 7) is 8.23. The minimum absolute atomic E-state index is 0.0911. The van der Waals surface area contributed by atoms with E-state index in [0.29, 0.717) is 0 Å². The fourth-order valence-corrected chi connectivity index (χ4v) is 2.55. The molecule has 2 N–H and O–H groups in total. The Hall–Kier alpha value is -1.18. The minimum Gasteiger partial charge on any atom is -0.504 e. The van der Waals surface area contributed by atoms with Crippen LogP contribution in [0.25, 0.3) is 0 Å². The monoisotopic (exact) mass is 222 g/mol. The van der Waals surface area contributed by atoms with Crippen LogP contribution in [0.5, 0.6) is 11.5 Å². The van der Waals surface area contributed by atoms with E-state index in [1.165, 1.54) is 11.1 Å². The molecule has 0 amide bonds. The third kappa shape index (κ3) is 1.89. The van der Waals surface area contributed by atoms with E-state index < -0.39 is 0 Å². The van der Waals surface area contributed by atoms with E-state index in [1.807, 2.05) is 13.8 Å². The topological polar surface area (TPSA) is 40.5 Å². The average molecular weight is 222 g/mol. The van der Waals surface area contributed by atoms with Gasteiger partial charge >= 0.3 is 0 Å². The molecule has 1 aromatic carbocycles.